The molecule has 2 aromatic rings. The third-order valence-corrected chi connectivity index (χ3v) is 5.46. The van der Waals surface area contributed by atoms with E-state index in [0.717, 1.165) is 44.8 Å². The number of aliphatic carboxylic acids is 1. The fraction of sp³-hybridized carbons (Fsp3) is 0.550. The molecule has 0 aromatic carbocycles. The summed E-state index contributed by atoms with van der Waals surface area (Å²) in [5.41, 5.74) is -0.197. The average molecular weight is 458 g/mol. The fourth-order valence-electron chi connectivity index (χ4n) is 3.69. The maximum Gasteiger partial charge on any atom is 0.490 e. The van der Waals surface area contributed by atoms with Gasteiger partial charge in [0.15, 0.2) is 0 Å². The zero-order valence-electron chi connectivity index (χ0n) is 17.3. The van der Waals surface area contributed by atoms with Gasteiger partial charge in [-0.2, -0.15) is 18.3 Å². The van der Waals surface area contributed by atoms with E-state index in [4.69, 9.17) is 19.1 Å². The van der Waals surface area contributed by atoms with Crippen molar-refractivity contribution < 1.29 is 37.0 Å². The molecule has 12 heteroatoms. The monoisotopic (exact) mass is 458 g/mol. The highest BCUT2D eigenvalue weighted by atomic mass is 19.4. The zero-order chi connectivity index (χ0) is 23.2. The van der Waals surface area contributed by atoms with E-state index in [1.807, 2.05) is 34.0 Å². The molecular weight excluding hydrogens is 433 g/mol. The number of halogens is 3. The Balaban J connectivity index is 0.000000360. The van der Waals surface area contributed by atoms with Crippen molar-refractivity contribution in [2.45, 2.75) is 37.7 Å². The van der Waals surface area contributed by atoms with Crippen LogP contribution in [0.2, 0.25) is 0 Å². The van der Waals surface area contributed by atoms with Crippen molar-refractivity contribution in [3.8, 4) is 0 Å². The molecule has 2 aliphatic rings. The Morgan fingerprint density at radius 2 is 1.94 bits per heavy atom. The van der Waals surface area contributed by atoms with Crippen LogP contribution in [-0.2, 0) is 27.4 Å². The summed E-state index contributed by atoms with van der Waals surface area (Å²) < 4.78 is 45.0. The van der Waals surface area contributed by atoms with Gasteiger partial charge in [-0.1, -0.05) is 0 Å². The summed E-state index contributed by atoms with van der Waals surface area (Å²) in [5.74, 6) is -1.68. The van der Waals surface area contributed by atoms with Crippen molar-refractivity contribution in [3.63, 3.8) is 0 Å². The van der Waals surface area contributed by atoms with E-state index in [-0.39, 0.29) is 18.1 Å². The van der Waals surface area contributed by atoms with Gasteiger partial charge < -0.3 is 19.2 Å². The van der Waals surface area contributed by atoms with E-state index in [0.29, 0.717) is 13.1 Å². The summed E-state index contributed by atoms with van der Waals surface area (Å²) in [6.45, 7) is 5.04. The summed E-state index contributed by atoms with van der Waals surface area (Å²) in [4.78, 5) is 25.4. The molecule has 2 fully saturated rings. The molecule has 1 spiro atoms. The normalized spacial score (nSPS) is 19.0. The van der Waals surface area contributed by atoms with Gasteiger partial charge in [0.1, 0.15) is 12.4 Å². The Hall–Kier alpha value is -2.86. The van der Waals surface area contributed by atoms with Crippen LogP contribution in [0.15, 0.2) is 41.3 Å². The number of carboxylic acids is 1. The number of furan rings is 1. The van der Waals surface area contributed by atoms with Crippen LogP contribution < -0.4 is 0 Å². The van der Waals surface area contributed by atoms with Gasteiger partial charge in [0.2, 0.25) is 5.91 Å². The lowest BCUT2D eigenvalue weighted by atomic mass is 9.89. The quantitative estimate of drug-likeness (QED) is 0.732. The van der Waals surface area contributed by atoms with Crippen LogP contribution in [0.3, 0.4) is 0 Å². The van der Waals surface area contributed by atoms with Gasteiger partial charge in [0.25, 0.3) is 0 Å². The predicted octanol–water partition coefficient (Wildman–Crippen LogP) is 2.00. The van der Waals surface area contributed by atoms with E-state index in [9.17, 15) is 18.0 Å². The van der Waals surface area contributed by atoms with Crippen molar-refractivity contribution in [1.29, 1.82) is 0 Å². The van der Waals surface area contributed by atoms with Gasteiger partial charge in [0, 0.05) is 38.6 Å². The Kier molecular flexibility index (Phi) is 7.56. The minimum atomic E-state index is -5.08. The summed E-state index contributed by atoms with van der Waals surface area (Å²) >= 11 is 0. The van der Waals surface area contributed by atoms with Gasteiger partial charge in [-0.25, -0.2) is 4.79 Å². The predicted molar refractivity (Wildman–Crippen MR) is 104 cm³/mol. The number of ether oxygens (including phenoxy) is 1. The number of carbonyl (C=O) groups excluding carboxylic acids is 1. The molecule has 2 saturated heterocycles. The molecule has 0 radical (unpaired) electrons. The first-order chi connectivity index (χ1) is 15.2. The highest BCUT2D eigenvalue weighted by Gasteiger charge is 2.42. The number of rotatable bonds is 5. The Bertz CT molecular complexity index is 862. The highest BCUT2D eigenvalue weighted by molar-refractivity contribution is 5.78. The van der Waals surface area contributed by atoms with Crippen LogP contribution in [0.4, 0.5) is 13.2 Å². The Morgan fingerprint density at radius 1 is 1.22 bits per heavy atom. The molecule has 0 bridgehead atoms. The van der Waals surface area contributed by atoms with Crippen molar-refractivity contribution in [2.75, 3.05) is 32.8 Å². The molecule has 0 saturated carbocycles. The first-order valence-electron chi connectivity index (χ1n) is 10.1. The lowest BCUT2D eigenvalue weighted by Gasteiger charge is -2.47. The molecule has 4 heterocycles. The van der Waals surface area contributed by atoms with Crippen molar-refractivity contribution >= 4 is 11.9 Å². The molecule has 176 valence electrons. The molecule has 1 N–H and O–H groups in total. The second kappa shape index (κ2) is 10.2. The van der Waals surface area contributed by atoms with Crippen LogP contribution in [0.1, 0.15) is 18.6 Å². The number of carbonyl (C=O) groups is 2. The number of nitrogens with zero attached hydrogens (tertiary/aromatic N) is 4. The largest absolute Gasteiger partial charge is 0.490 e. The number of likely N-dealkylation sites (tertiary alicyclic amines) is 1. The number of aromatic nitrogens is 2. The number of alkyl halides is 3. The van der Waals surface area contributed by atoms with E-state index in [2.05, 4.69) is 10.00 Å². The molecule has 2 aromatic heterocycles. The van der Waals surface area contributed by atoms with E-state index in [1.165, 1.54) is 0 Å². The maximum atomic E-state index is 12.2. The first kappa shape index (κ1) is 23.8. The summed E-state index contributed by atoms with van der Waals surface area (Å²) in [6, 6.07) is 5.84. The molecule has 9 nitrogen and oxygen atoms in total. The van der Waals surface area contributed by atoms with Crippen LogP contribution in [0, 0.1) is 0 Å². The van der Waals surface area contributed by atoms with Crippen LogP contribution in [-0.4, -0.2) is 81.1 Å². The minimum absolute atomic E-state index is 0.0794. The topological polar surface area (TPSA) is 101 Å². The average Bonchev–Trinajstić information content (AvgIpc) is 3.45. The Morgan fingerprint density at radius 3 is 2.50 bits per heavy atom. The van der Waals surface area contributed by atoms with Crippen LogP contribution >= 0.6 is 0 Å². The maximum absolute atomic E-state index is 12.2. The molecule has 0 unspecified atom stereocenters. The second-order valence-electron chi connectivity index (χ2n) is 7.71. The lowest BCUT2D eigenvalue weighted by Crippen LogP contribution is -2.59. The van der Waals surface area contributed by atoms with Crippen molar-refractivity contribution in [1.82, 2.24) is 19.6 Å². The van der Waals surface area contributed by atoms with Gasteiger partial charge in [-0.05, 0) is 31.0 Å². The fourth-order valence-corrected chi connectivity index (χ4v) is 3.69. The van der Waals surface area contributed by atoms with Crippen molar-refractivity contribution in [2.24, 2.45) is 0 Å². The van der Waals surface area contributed by atoms with Gasteiger partial charge in [-0.3, -0.25) is 14.4 Å². The summed E-state index contributed by atoms with van der Waals surface area (Å²) in [5, 5.41) is 11.3. The second-order valence-corrected chi connectivity index (χ2v) is 7.71. The number of amides is 1. The smallest absolute Gasteiger partial charge is 0.475 e. The van der Waals surface area contributed by atoms with Crippen LogP contribution in [0.25, 0.3) is 0 Å². The minimum Gasteiger partial charge on any atom is -0.475 e. The molecule has 4 rings (SSSR count). The summed E-state index contributed by atoms with van der Waals surface area (Å²) in [6.07, 6.45) is 2.21. The Labute approximate surface area is 182 Å². The number of hydrogen-bond acceptors (Lipinski definition) is 6. The molecule has 2 aliphatic heterocycles. The number of hydrogen-bond donors (Lipinski definition) is 1. The molecule has 1 amide bonds. The molecule has 32 heavy (non-hydrogen) atoms. The number of piperidine rings is 1. The van der Waals surface area contributed by atoms with E-state index >= 15 is 0 Å². The summed E-state index contributed by atoms with van der Waals surface area (Å²) in [7, 11) is 0. The third kappa shape index (κ3) is 6.57. The lowest BCUT2D eigenvalue weighted by molar-refractivity contribution is -0.192. The zero-order valence-corrected chi connectivity index (χ0v) is 17.3. The number of carboxylic acid groups (broad SMARTS) is 1. The van der Waals surface area contributed by atoms with Crippen molar-refractivity contribution in [3.05, 3.63) is 42.6 Å². The first-order valence-corrected chi connectivity index (χ1v) is 10.1. The van der Waals surface area contributed by atoms with E-state index < -0.39 is 12.1 Å². The SMILES string of the molecule is O=C(O)C(F)(F)F.O=C1COC2(CCN(Cc3ccco3)CC2)CN1CCn1cccn1. The standard InChI is InChI=1S/C18H24N4O3.C2HF3O2/c23-17-14-25-18(15-21(17)10-11-22-7-2-6-19-22)4-8-20(9-5-18)13-16-3-1-12-24-16;3-2(4,5)1(6)7/h1-3,6-7,12H,4-5,8-11,13-15H2;(H,6,7). The van der Waals surface area contributed by atoms with Crippen LogP contribution in [0.5, 0.6) is 0 Å². The highest BCUT2D eigenvalue weighted by Crippen LogP contribution is 2.31. The van der Waals surface area contributed by atoms with Gasteiger partial charge in [-0.15, -0.1) is 0 Å². The third-order valence-electron chi connectivity index (χ3n) is 5.46. The van der Waals surface area contributed by atoms with Gasteiger partial charge in [0.05, 0.1) is 25.0 Å². The molecule has 0 atom stereocenters. The number of morpholine rings is 1. The van der Waals surface area contributed by atoms with E-state index in [1.54, 1.807) is 12.5 Å². The molecule has 0 aliphatic carbocycles. The van der Waals surface area contributed by atoms with Gasteiger partial charge >= 0.3 is 12.1 Å². The molecular formula is C20H25F3N4O5.